The highest BCUT2D eigenvalue weighted by atomic mass is 16.6. The summed E-state index contributed by atoms with van der Waals surface area (Å²) in [6.07, 6.45) is 0.268. The van der Waals surface area contributed by atoms with Crippen LogP contribution in [0.25, 0.3) is 0 Å². The molecule has 94 valence electrons. The summed E-state index contributed by atoms with van der Waals surface area (Å²) in [4.78, 5) is 11.3. The number of ether oxygens (including phenoxy) is 3. The van der Waals surface area contributed by atoms with Gasteiger partial charge in [-0.05, 0) is 31.0 Å². The molecule has 1 aromatic rings. The number of carbonyl (C=O) groups is 1. The van der Waals surface area contributed by atoms with Gasteiger partial charge in [-0.15, -0.1) is 0 Å². The molecule has 0 amide bonds. The SMILES string of the molecule is CCc1ccc(OC(C)C(=O)OC)c(OC)c1. The zero-order chi connectivity index (χ0) is 12.8. The molecule has 0 radical (unpaired) electrons. The molecule has 0 saturated heterocycles. The first-order valence-corrected chi connectivity index (χ1v) is 5.53. The van der Waals surface area contributed by atoms with E-state index in [2.05, 4.69) is 11.7 Å². The lowest BCUT2D eigenvalue weighted by Crippen LogP contribution is -2.25. The first kappa shape index (κ1) is 13.4. The standard InChI is InChI=1S/C13H18O4/c1-5-10-6-7-11(12(8-10)15-3)17-9(2)13(14)16-4/h6-9H,5H2,1-4H3. The van der Waals surface area contributed by atoms with Crippen molar-refractivity contribution in [1.29, 1.82) is 0 Å². The van der Waals surface area contributed by atoms with Gasteiger partial charge in [-0.25, -0.2) is 4.79 Å². The minimum atomic E-state index is -0.652. The number of hydrogen-bond donors (Lipinski definition) is 0. The van der Waals surface area contributed by atoms with Gasteiger partial charge in [0.05, 0.1) is 14.2 Å². The summed E-state index contributed by atoms with van der Waals surface area (Å²) in [6, 6.07) is 5.65. The lowest BCUT2D eigenvalue weighted by Gasteiger charge is -2.15. The molecule has 0 N–H and O–H groups in total. The van der Waals surface area contributed by atoms with Gasteiger partial charge >= 0.3 is 5.97 Å². The highest BCUT2D eigenvalue weighted by Gasteiger charge is 2.17. The minimum absolute atomic E-state index is 0.411. The predicted octanol–water partition coefficient (Wildman–Crippen LogP) is 2.20. The van der Waals surface area contributed by atoms with Crippen molar-refractivity contribution in [2.45, 2.75) is 26.4 Å². The van der Waals surface area contributed by atoms with Crippen molar-refractivity contribution in [3.8, 4) is 11.5 Å². The summed E-state index contributed by atoms with van der Waals surface area (Å²) in [6.45, 7) is 3.70. The van der Waals surface area contributed by atoms with Crippen molar-refractivity contribution in [3.05, 3.63) is 23.8 Å². The van der Waals surface area contributed by atoms with Gasteiger partial charge in [0.15, 0.2) is 17.6 Å². The average molecular weight is 238 g/mol. The van der Waals surface area contributed by atoms with Crippen LogP contribution in [0.2, 0.25) is 0 Å². The van der Waals surface area contributed by atoms with Crippen LogP contribution >= 0.6 is 0 Å². The molecule has 1 aromatic carbocycles. The second-order valence-electron chi connectivity index (χ2n) is 3.62. The van der Waals surface area contributed by atoms with Crippen LogP contribution in [0.3, 0.4) is 0 Å². The third kappa shape index (κ3) is 3.37. The number of hydrogen-bond acceptors (Lipinski definition) is 4. The molecular formula is C13H18O4. The van der Waals surface area contributed by atoms with Crippen LogP contribution < -0.4 is 9.47 Å². The smallest absolute Gasteiger partial charge is 0.346 e. The van der Waals surface area contributed by atoms with E-state index in [1.165, 1.54) is 7.11 Å². The molecule has 0 spiro atoms. The van der Waals surface area contributed by atoms with E-state index < -0.39 is 12.1 Å². The van der Waals surface area contributed by atoms with E-state index in [0.29, 0.717) is 11.5 Å². The number of aryl methyl sites for hydroxylation is 1. The van der Waals surface area contributed by atoms with Crippen molar-refractivity contribution in [1.82, 2.24) is 0 Å². The maximum absolute atomic E-state index is 11.3. The molecule has 17 heavy (non-hydrogen) atoms. The van der Waals surface area contributed by atoms with Crippen molar-refractivity contribution in [2.24, 2.45) is 0 Å². The van der Waals surface area contributed by atoms with E-state index in [9.17, 15) is 4.79 Å². The first-order chi connectivity index (χ1) is 8.12. The molecule has 0 aliphatic heterocycles. The molecule has 1 rings (SSSR count). The summed E-state index contributed by atoms with van der Waals surface area (Å²) in [7, 11) is 2.91. The molecule has 4 nitrogen and oxygen atoms in total. The fourth-order valence-corrected chi connectivity index (χ4v) is 1.43. The number of methoxy groups -OCH3 is 2. The Balaban J connectivity index is 2.87. The van der Waals surface area contributed by atoms with Gasteiger partial charge in [-0.3, -0.25) is 0 Å². The molecule has 0 aliphatic carbocycles. The van der Waals surface area contributed by atoms with Crippen LogP contribution in [0.4, 0.5) is 0 Å². The van der Waals surface area contributed by atoms with E-state index in [1.807, 2.05) is 12.1 Å². The van der Waals surface area contributed by atoms with Gasteiger partial charge in [0, 0.05) is 0 Å². The predicted molar refractivity (Wildman–Crippen MR) is 64.5 cm³/mol. The van der Waals surface area contributed by atoms with Crippen molar-refractivity contribution < 1.29 is 19.0 Å². The van der Waals surface area contributed by atoms with Crippen molar-refractivity contribution >= 4 is 5.97 Å². The lowest BCUT2D eigenvalue weighted by atomic mass is 10.1. The third-order valence-electron chi connectivity index (χ3n) is 2.47. The Kier molecular flexibility index (Phi) is 4.82. The molecule has 0 heterocycles. The Labute approximate surface area is 101 Å². The van der Waals surface area contributed by atoms with E-state index in [1.54, 1.807) is 20.1 Å². The van der Waals surface area contributed by atoms with Gasteiger partial charge in [0.1, 0.15) is 0 Å². The molecular weight excluding hydrogens is 220 g/mol. The Bertz CT molecular complexity index is 387. The van der Waals surface area contributed by atoms with Gasteiger partial charge in [0.25, 0.3) is 0 Å². The Hall–Kier alpha value is -1.71. The van der Waals surface area contributed by atoms with Crippen LogP contribution in [0.5, 0.6) is 11.5 Å². The van der Waals surface area contributed by atoms with Gasteiger partial charge in [-0.1, -0.05) is 13.0 Å². The van der Waals surface area contributed by atoms with E-state index in [0.717, 1.165) is 12.0 Å². The molecule has 0 saturated carbocycles. The summed E-state index contributed by atoms with van der Waals surface area (Å²) >= 11 is 0. The van der Waals surface area contributed by atoms with Gasteiger partial charge in [-0.2, -0.15) is 0 Å². The van der Waals surface area contributed by atoms with E-state index in [-0.39, 0.29) is 0 Å². The van der Waals surface area contributed by atoms with E-state index >= 15 is 0 Å². The second kappa shape index (κ2) is 6.13. The van der Waals surface area contributed by atoms with Crippen LogP contribution in [0.15, 0.2) is 18.2 Å². The molecule has 1 unspecified atom stereocenters. The maximum Gasteiger partial charge on any atom is 0.346 e. The van der Waals surface area contributed by atoms with Crippen LogP contribution in [0.1, 0.15) is 19.4 Å². The Morgan fingerprint density at radius 2 is 2.00 bits per heavy atom. The molecule has 4 heteroatoms. The number of rotatable bonds is 5. The monoisotopic (exact) mass is 238 g/mol. The zero-order valence-corrected chi connectivity index (χ0v) is 10.6. The molecule has 0 bridgehead atoms. The molecule has 0 aromatic heterocycles. The largest absolute Gasteiger partial charge is 0.493 e. The normalized spacial score (nSPS) is 11.8. The lowest BCUT2D eigenvalue weighted by molar-refractivity contribution is -0.147. The van der Waals surface area contributed by atoms with Gasteiger partial charge < -0.3 is 14.2 Å². The summed E-state index contributed by atoms with van der Waals surface area (Å²) < 4.78 is 15.3. The van der Waals surface area contributed by atoms with E-state index in [4.69, 9.17) is 9.47 Å². The maximum atomic E-state index is 11.3. The number of benzene rings is 1. The Morgan fingerprint density at radius 1 is 1.29 bits per heavy atom. The average Bonchev–Trinajstić information content (AvgIpc) is 2.37. The summed E-state index contributed by atoms with van der Waals surface area (Å²) in [5.74, 6) is 0.759. The molecule has 1 atom stereocenters. The van der Waals surface area contributed by atoms with Crippen LogP contribution in [-0.2, 0) is 16.0 Å². The summed E-state index contributed by atoms with van der Waals surface area (Å²) in [5.41, 5.74) is 1.15. The summed E-state index contributed by atoms with van der Waals surface area (Å²) in [5, 5.41) is 0. The highest BCUT2D eigenvalue weighted by Crippen LogP contribution is 2.29. The van der Waals surface area contributed by atoms with Crippen LogP contribution in [0, 0.1) is 0 Å². The quantitative estimate of drug-likeness (QED) is 0.738. The van der Waals surface area contributed by atoms with Crippen molar-refractivity contribution in [3.63, 3.8) is 0 Å². The van der Waals surface area contributed by atoms with Gasteiger partial charge in [0.2, 0.25) is 0 Å². The highest BCUT2D eigenvalue weighted by molar-refractivity contribution is 5.74. The third-order valence-corrected chi connectivity index (χ3v) is 2.47. The first-order valence-electron chi connectivity index (χ1n) is 5.53. The topological polar surface area (TPSA) is 44.8 Å². The number of esters is 1. The molecule has 0 fully saturated rings. The second-order valence-corrected chi connectivity index (χ2v) is 3.62. The fraction of sp³-hybridized carbons (Fsp3) is 0.462. The number of carbonyl (C=O) groups excluding carboxylic acids is 1. The minimum Gasteiger partial charge on any atom is -0.493 e. The van der Waals surface area contributed by atoms with Crippen LogP contribution in [-0.4, -0.2) is 26.3 Å². The zero-order valence-electron chi connectivity index (χ0n) is 10.6. The Morgan fingerprint density at radius 3 is 2.53 bits per heavy atom. The fourth-order valence-electron chi connectivity index (χ4n) is 1.43. The van der Waals surface area contributed by atoms with Crippen molar-refractivity contribution in [2.75, 3.05) is 14.2 Å². The molecule has 0 aliphatic rings.